The summed E-state index contributed by atoms with van der Waals surface area (Å²) in [7, 11) is 0.892. The first-order valence-corrected chi connectivity index (χ1v) is 11.7. The van der Waals surface area contributed by atoms with E-state index < -0.39 is 0 Å². The fourth-order valence-electron chi connectivity index (χ4n) is 1.68. The molecule has 0 aromatic rings. The van der Waals surface area contributed by atoms with E-state index in [2.05, 4.69) is 53.7 Å². The van der Waals surface area contributed by atoms with Crippen molar-refractivity contribution in [1.82, 2.24) is 0 Å². The summed E-state index contributed by atoms with van der Waals surface area (Å²) < 4.78 is 0. The molecule has 0 spiro atoms. The molecule has 0 aliphatic heterocycles. The van der Waals surface area contributed by atoms with E-state index in [1.54, 1.807) is 0 Å². The van der Waals surface area contributed by atoms with Gasteiger partial charge in [-0.2, -0.15) is 6.08 Å². The second-order valence-electron chi connectivity index (χ2n) is 4.24. The molecule has 23 heavy (non-hydrogen) atoms. The molecule has 0 atom stereocenters. The Kier molecular flexibility index (Phi) is 59.8. The maximum atomic E-state index is 2.99. The minimum atomic E-state index is 0. The minimum Gasteiger partial charge on any atom is -0.358 e. The van der Waals surface area contributed by atoms with Crippen molar-refractivity contribution in [1.29, 1.82) is 0 Å². The smallest absolute Gasteiger partial charge is 0.358 e. The number of hydrogen-bond acceptors (Lipinski definition) is 0. The number of rotatable bonds is 6. The summed E-state index contributed by atoms with van der Waals surface area (Å²) in [5.41, 5.74) is 0. The molecule has 141 valence electrons. The van der Waals surface area contributed by atoms with E-state index in [0.29, 0.717) is 15.8 Å². The van der Waals surface area contributed by atoms with Crippen LogP contribution in [-0.2, 0) is 18.6 Å². The SMILES string of the molecule is CCP(CC)CC.CCP(CC)CC.Cl.Cl.[C-]1=CC=CC1.[CH3-].[V+2]. The molecular formula is C18H40Cl2P2V. The van der Waals surface area contributed by atoms with Gasteiger partial charge in [-0.15, -0.1) is 47.1 Å². The normalized spacial score (nSPS) is 10.1. The van der Waals surface area contributed by atoms with Crippen LogP contribution in [0.4, 0.5) is 0 Å². The van der Waals surface area contributed by atoms with E-state index >= 15 is 0 Å². The van der Waals surface area contributed by atoms with Crippen LogP contribution in [0.2, 0.25) is 0 Å². The summed E-state index contributed by atoms with van der Waals surface area (Å²) in [6, 6.07) is 0. The Morgan fingerprint density at radius 2 is 1.04 bits per heavy atom. The molecule has 0 aromatic heterocycles. The zero-order valence-corrected chi connectivity index (χ0v) is 21.2. The van der Waals surface area contributed by atoms with Gasteiger partial charge < -0.3 is 7.43 Å². The molecule has 0 saturated carbocycles. The van der Waals surface area contributed by atoms with E-state index in [-0.39, 0.29) is 50.8 Å². The van der Waals surface area contributed by atoms with Crippen LogP contribution in [0.1, 0.15) is 48.0 Å². The van der Waals surface area contributed by atoms with Gasteiger partial charge in [0.25, 0.3) is 0 Å². The van der Waals surface area contributed by atoms with Crippen LogP contribution in [0.3, 0.4) is 0 Å². The van der Waals surface area contributed by atoms with Gasteiger partial charge in [0.1, 0.15) is 0 Å². The van der Waals surface area contributed by atoms with Crippen molar-refractivity contribution in [2.24, 2.45) is 0 Å². The standard InChI is InChI=1S/2C6H15P.C5H5.CH3.2ClH.V/c2*1-4-7(5-2)6-3;1-2-4-5-3-1;;;;/h2*4-6H2,1-3H3;1-3H,4H2;1H3;2*1H;/q;;2*-1;;;+2. The van der Waals surface area contributed by atoms with Gasteiger partial charge in [0.2, 0.25) is 0 Å². The first-order chi connectivity index (χ1) is 9.19. The fraction of sp³-hybridized carbons (Fsp3) is 0.722. The average Bonchev–Trinajstić information content (AvgIpc) is 3.03. The Morgan fingerprint density at radius 1 is 0.739 bits per heavy atom. The predicted molar refractivity (Wildman–Crippen MR) is 120 cm³/mol. The predicted octanol–water partition coefficient (Wildman–Crippen LogP) is 7.65. The number of hydrogen-bond donors (Lipinski definition) is 0. The van der Waals surface area contributed by atoms with Gasteiger partial charge in [0.15, 0.2) is 0 Å². The van der Waals surface area contributed by atoms with Gasteiger partial charge in [0, 0.05) is 0 Å². The van der Waals surface area contributed by atoms with Gasteiger partial charge in [-0.3, -0.25) is 6.08 Å². The molecule has 1 rings (SSSR count). The monoisotopic (exact) mass is 439 g/mol. The summed E-state index contributed by atoms with van der Waals surface area (Å²) >= 11 is 0. The van der Waals surface area contributed by atoms with Gasteiger partial charge >= 0.3 is 18.6 Å². The Hall–Kier alpha value is 1.50. The zero-order valence-electron chi connectivity index (χ0n) is 16.3. The van der Waals surface area contributed by atoms with E-state index in [4.69, 9.17) is 0 Å². The Morgan fingerprint density at radius 3 is 1.09 bits per heavy atom. The quantitative estimate of drug-likeness (QED) is 0.294. The third-order valence-corrected chi connectivity index (χ3v) is 8.64. The topological polar surface area (TPSA) is 0 Å². The van der Waals surface area contributed by atoms with Crippen molar-refractivity contribution in [2.45, 2.75) is 48.0 Å². The van der Waals surface area contributed by atoms with E-state index in [9.17, 15) is 0 Å². The first-order valence-electron chi connectivity index (χ1n) is 7.86. The second kappa shape index (κ2) is 34.8. The Balaban J connectivity index is -0.0000000437. The summed E-state index contributed by atoms with van der Waals surface area (Å²) in [6.45, 7) is 13.7. The molecule has 0 heterocycles. The molecule has 0 nitrogen and oxygen atoms in total. The zero-order chi connectivity index (χ0) is 14.9. The molecule has 5 heteroatoms. The van der Waals surface area contributed by atoms with Gasteiger partial charge in [0.05, 0.1) is 0 Å². The molecule has 0 fully saturated rings. The summed E-state index contributed by atoms with van der Waals surface area (Å²) in [5.74, 6) is 0. The van der Waals surface area contributed by atoms with Crippen molar-refractivity contribution in [3.63, 3.8) is 0 Å². The van der Waals surface area contributed by atoms with Crippen molar-refractivity contribution in [2.75, 3.05) is 37.0 Å². The second-order valence-corrected chi connectivity index (χ2v) is 10.7. The minimum absolute atomic E-state index is 0. The van der Waals surface area contributed by atoms with E-state index in [1.165, 1.54) is 37.0 Å². The molecule has 0 N–H and O–H groups in total. The van der Waals surface area contributed by atoms with E-state index in [0.717, 1.165) is 6.42 Å². The fourth-order valence-corrected chi connectivity index (χ4v) is 4.37. The van der Waals surface area contributed by atoms with Gasteiger partial charge in [-0.25, -0.2) is 12.2 Å². The van der Waals surface area contributed by atoms with Crippen LogP contribution in [0, 0.1) is 13.5 Å². The summed E-state index contributed by atoms with van der Waals surface area (Å²) in [6.07, 6.45) is 18.5. The molecule has 0 amide bonds. The molecule has 1 radical (unpaired) electrons. The van der Waals surface area contributed by atoms with Crippen LogP contribution in [0.5, 0.6) is 0 Å². The third-order valence-electron chi connectivity index (χ3n) is 3.27. The molecule has 0 saturated heterocycles. The van der Waals surface area contributed by atoms with Gasteiger partial charge in [-0.1, -0.05) is 41.5 Å². The molecule has 0 unspecified atom stereocenters. The maximum absolute atomic E-state index is 2.99. The summed E-state index contributed by atoms with van der Waals surface area (Å²) in [5, 5.41) is 0. The first kappa shape index (κ1) is 39.5. The molecule has 1 aliphatic rings. The number of allylic oxidation sites excluding steroid dienone is 4. The Bertz CT molecular complexity index is 184. The molecule has 1 aliphatic carbocycles. The van der Waals surface area contributed by atoms with Crippen molar-refractivity contribution in [3.05, 3.63) is 31.7 Å². The largest absolute Gasteiger partial charge is 2.00 e. The van der Waals surface area contributed by atoms with Crippen LogP contribution >= 0.6 is 40.7 Å². The summed E-state index contributed by atoms with van der Waals surface area (Å²) in [4.78, 5) is 0. The van der Waals surface area contributed by atoms with Crippen LogP contribution in [-0.4, -0.2) is 37.0 Å². The van der Waals surface area contributed by atoms with E-state index in [1.807, 2.05) is 12.2 Å². The van der Waals surface area contributed by atoms with Crippen LogP contribution in [0.15, 0.2) is 18.2 Å². The van der Waals surface area contributed by atoms with Crippen molar-refractivity contribution < 1.29 is 18.6 Å². The average molecular weight is 440 g/mol. The maximum Gasteiger partial charge on any atom is 2.00 e. The molecule has 0 aromatic carbocycles. The van der Waals surface area contributed by atoms with Crippen molar-refractivity contribution in [3.8, 4) is 0 Å². The van der Waals surface area contributed by atoms with Crippen LogP contribution < -0.4 is 0 Å². The van der Waals surface area contributed by atoms with Gasteiger partial charge in [-0.05, 0) is 37.0 Å². The molecule has 0 bridgehead atoms. The van der Waals surface area contributed by atoms with Crippen LogP contribution in [0.25, 0.3) is 0 Å². The third kappa shape index (κ3) is 31.7. The number of halogens is 2. The molecular weight excluding hydrogens is 400 g/mol. The van der Waals surface area contributed by atoms with Crippen molar-refractivity contribution >= 4 is 40.7 Å². The Labute approximate surface area is 175 Å².